The highest BCUT2D eigenvalue weighted by Crippen LogP contribution is 2.69. The summed E-state index contributed by atoms with van der Waals surface area (Å²) < 4.78 is 54.4. The minimum absolute atomic E-state index is 0.114. The summed E-state index contributed by atoms with van der Waals surface area (Å²) in [4.78, 5) is 13.5. The molecule has 1 aromatic carbocycles. The molecule has 2 aliphatic rings. The molecule has 3 aromatic heterocycles. The van der Waals surface area contributed by atoms with E-state index in [0.29, 0.717) is 11.4 Å². The lowest BCUT2D eigenvalue weighted by Crippen LogP contribution is -2.38. The maximum absolute atomic E-state index is 14.5. The molecule has 8 nitrogen and oxygen atoms in total. The SMILES string of the molecule is CC1(C)[C@H]2CC[C@]1(c1ccnc(-c3ccc(NS(C)(=O)=O)nc3)n1)c1nnc(-c3c(F)cccc3F)cc12. The third-order valence-corrected chi connectivity index (χ3v) is 8.59. The van der Waals surface area contributed by atoms with E-state index in [2.05, 4.69) is 38.7 Å². The number of rotatable bonds is 5. The first-order valence-electron chi connectivity index (χ1n) is 12.1. The van der Waals surface area contributed by atoms with E-state index < -0.39 is 27.1 Å². The van der Waals surface area contributed by atoms with E-state index >= 15 is 0 Å². The lowest BCUT2D eigenvalue weighted by Gasteiger charge is -2.37. The molecule has 3 heterocycles. The molecular formula is C27H24F2N6O2S. The molecule has 0 spiro atoms. The van der Waals surface area contributed by atoms with Crippen LogP contribution in [0.25, 0.3) is 22.6 Å². The monoisotopic (exact) mass is 534 g/mol. The molecule has 0 aliphatic heterocycles. The molecule has 4 aromatic rings. The number of hydrogen-bond acceptors (Lipinski definition) is 7. The molecule has 194 valence electrons. The van der Waals surface area contributed by atoms with Crippen LogP contribution in [-0.2, 0) is 15.4 Å². The first-order chi connectivity index (χ1) is 18.0. The number of benzene rings is 1. The Kier molecular flexibility index (Phi) is 5.36. The van der Waals surface area contributed by atoms with Crippen LogP contribution < -0.4 is 4.72 Å². The average molecular weight is 535 g/mol. The van der Waals surface area contributed by atoms with Crippen LogP contribution in [0.15, 0.2) is 54.9 Å². The predicted octanol–water partition coefficient (Wildman–Crippen LogP) is 4.85. The van der Waals surface area contributed by atoms with Crippen LogP contribution in [0.5, 0.6) is 0 Å². The summed E-state index contributed by atoms with van der Waals surface area (Å²) in [7, 11) is -3.44. The van der Waals surface area contributed by atoms with Gasteiger partial charge in [0, 0.05) is 18.0 Å². The van der Waals surface area contributed by atoms with Crippen molar-refractivity contribution in [3.05, 3.63) is 83.4 Å². The van der Waals surface area contributed by atoms with Gasteiger partial charge < -0.3 is 0 Å². The van der Waals surface area contributed by atoms with Crippen LogP contribution in [0, 0.1) is 17.0 Å². The van der Waals surface area contributed by atoms with Crippen molar-refractivity contribution in [2.75, 3.05) is 11.0 Å². The molecule has 11 heteroatoms. The highest BCUT2D eigenvalue weighted by atomic mass is 32.2. The minimum Gasteiger partial charge on any atom is -0.268 e. The summed E-state index contributed by atoms with van der Waals surface area (Å²) in [6.07, 6.45) is 5.93. The Balaban J connectivity index is 1.43. The van der Waals surface area contributed by atoms with Crippen LogP contribution in [0.1, 0.15) is 49.6 Å². The Bertz CT molecular complexity index is 1670. The van der Waals surface area contributed by atoms with Crippen LogP contribution in [0.4, 0.5) is 14.6 Å². The number of nitrogens with one attached hydrogen (secondary N) is 1. The maximum Gasteiger partial charge on any atom is 0.230 e. The number of anilines is 1. The van der Waals surface area contributed by atoms with Crippen molar-refractivity contribution in [1.29, 1.82) is 0 Å². The fraction of sp³-hybridized carbons (Fsp3) is 0.296. The van der Waals surface area contributed by atoms with E-state index in [1.807, 2.05) is 6.07 Å². The topological polar surface area (TPSA) is 111 Å². The van der Waals surface area contributed by atoms with Crippen molar-refractivity contribution < 1.29 is 17.2 Å². The fourth-order valence-corrected chi connectivity index (χ4v) is 6.77. The molecule has 0 amide bonds. The summed E-state index contributed by atoms with van der Waals surface area (Å²) in [5, 5.41) is 8.85. The second kappa shape index (κ2) is 8.32. The molecule has 2 aliphatic carbocycles. The quantitative estimate of drug-likeness (QED) is 0.390. The number of sulfonamides is 1. The fourth-order valence-electron chi connectivity index (χ4n) is 6.27. The molecule has 6 rings (SSSR count). The number of hydrogen-bond donors (Lipinski definition) is 1. The number of aromatic nitrogens is 5. The summed E-state index contributed by atoms with van der Waals surface area (Å²) in [5.41, 5.74) is 2.27. The first kappa shape index (κ1) is 24.5. The van der Waals surface area contributed by atoms with Gasteiger partial charge >= 0.3 is 0 Å². The van der Waals surface area contributed by atoms with Crippen LogP contribution in [0.3, 0.4) is 0 Å². The van der Waals surface area contributed by atoms with Gasteiger partial charge in [-0.3, -0.25) is 4.72 Å². The van der Waals surface area contributed by atoms with Crippen molar-refractivity contribution in [3.63, 3.8) is 0 Å². The highest BCUT2D eigenvalue weighted by Gasteiger charge is 2.65. The standard InChI is InChI=1S/C27H24F2N6O2S/c1-26(2)17-9-11-27(26,24-16(17)13-20(33-34-24)23-18(28)5-4-6-19(23)29)21-10-12-30-25(32-21)15-7-8-22(31-14-15)35-38(3,36)37/h4-8,10,12-14,17H,9,11H2,1-3H3,(H,31,35)/t17-,27-/m0/s1. The van der Waals surface area contributed by atoms with Crippen LogP contribution >= 0.6 is 0 Å². The van der Waals surface area contributed by atoms with E-state index in [-0.39, 0.29) is 28.4 Å². The second-order valence-corrected chi connectivity index (χ2v) is 12.2. The zero-order valence-electron chi connectivity index (χ0n) is 20.9. The molecule has 2 atom stereocenters. The Morgan fingerprint density at radius 1 is 1.03 bits per heavy atom. The van der Waals surface area contributed by atoms with Gasteiger partial charge in [0.2, 0.25) is 10.0 Å². The number of fused-ring (bicyclic) bond motifs is 5. The van der Waals surface area contributed by atoms with Gasteiger partial charge in [-0.2, -0.15) is 5.10 Å². The van der Waals surface area contributed by atoms with Gasteiger partial charge in [0.1, 0.15) is 17.5 Å². The largest absolute Gasteiger partial charge is 0.268 e. The second-order valence-electron chi connectivity index (χ2n) is 10.4. The zero-order valence-corrected chi connectivity index (χ0v) is 21.7. The Labute approximate surface area is 218 Å². The number of pyridine rings is 1. The molecule has 0 saturated heterocycles. The van der Waals surface area contributed by atoms with Crippen molar-refractivity contribution in [3.8, 4) is 22.6 Å². The summed E-state index contributed by atoms with van der Waals surface area (Å²) >= 11 is 0. The summed E-state index contributed by atoms with van der Waals surface area (Å²) in [6, 6.07) is 10.7. The van der Waals surface area contributed by atoms with E-state index in [1.54, 1.807) is 24.4 Å². The van der Waals surface area contributed by atoms with E-state index in [4.69, 9.17) is 4.98 Å². The van der Waals surface area contributed by atoms with Gasteiger partial charge in [0.25, 0.3) is 0 Å². The summed E-state index contributed by atoms with van der Waals surface area (Å²) in [6.45, 7) is 4.34. The van der Waals surface area contributed by atoms with Gasteiger partial charge in [-0.05, 0) is 66.1 Å². The molecule has 0 radical (unpaired) electrons. The minimum atomic E-state index is -3.44. The van der Waals surface area contributed by atoms with Gasteiger partial charge in [0.05, 0.1) is 34.3 Å². The third-order valence-electron chi connectivity index (χ3n) is 8.01. The molecule has 1 N–H and O–H groups in total. The van der Waals surface area contributed by atoms with E-state index in [9.17, 15) is 17.2 Å². The number of nitrogens with zero attached hydrogens (tertiary/aromatic N) is 5. The third kappa shape index (κ3) is 3.59. The molecule has 2 bridgehead atoms. The van der Waals surface area contributed by atoms with Crippen LogP contribution in [0.2, 0.25) is 0 Å². The smallest absolute Gasteiger partial charge is 0.230 e. The summed E-state index contributed by atoms with van der Waals surface area (Å²) in [5.74, 6) is -0.594. The van der Waals surface area contributed by atoms with Crippen molar-refractivity contribution in [1.82, 2.24) is 25.1 Å². The van der Waals surface area contributed by atoms with Gasteiger partial charge in [0.15, 0.2) is 5.82 Å². The molecule has 0 unspecified atom stereocenters. The highest BCUT2D eigenvalue weighted by molar-refractivity contribution is 7.92. The Morgan fingerprint density at radius 2 is 1.79 bits per heavy atom. The van der Waals surface area contributed by atoms with Gasteiger partial charge in [-0.25, -0.2) is 32.2 Å². The van der Waals surface area contributed by atoms with Gasteiger partial charge in [-0.15, -0.1) is 5.10 Å². The molecule has 1 saturated carbocycles. The number of halogens is 2. The zero-order chi connectivity index (χ0) is 26.9. The van der Waals surface area contributed by atoms with Crippen molar-refractivity contribution in [2.45, 2.75) is 38.0 Å². The van der Waals surface area contributed by atoms with Crippen molar-refractivity contribution >= 4 is 15.8 Å². The molecule has 38 heavy (non-hydrogen) atoms. The van der Waals surface area contributed by atoms with E-state index in [1.165, 1.54) is 24.4 Å². The first-order valence-corrected chi connectivity index (χ1v) is 14.0. The molecular weight excluding hydrogens is 510 g/mol. The Hall–Kier alpha value is -3.86. The lowest BCUT2D eigenvalue weighted by molar-refractivity contribution is 0.243. The lowest BCUT2D eigenvalue weighted by atomic mass is 9.66. The van der Waals surface area contributed by atoms with Crippen molar-refractivity contribution in [2.24, 2.45) is 5.41 Å². The Morgan fingerprint density at radius 3 is 2.47 bits per heavy atom. The normalized spacial score (nSPS) is 21.3. The average Bonchev–Trinajstić information content (AvgIpc) is 3.24. The predicted molar refractivity (Wildman–Crippen MR) is 138 cm³/mol. The van der Waals surface area contributed by atoms with Gasteiger partial charge in [-0.1, -0.05) is 19.9 Å². The molecule has 1 fully saturated rings. The van der Waals surface area contributed by atoms with E-state index in [0.717, 1.165) is 36.0 Å². The van der Waals surface area contributed by atoms with Crippen LogP contribution in [-0.4, -0.2) is 39.8 Å². The maximum atomic E-state index is 14.5.